The molecule has 2 aromatic rings. The molecule has 0 bridgehead atoms. The SMILES string of the molecule is O=S(=O)(CCN1CCN(c2ncc(C(F)(F)F)cc2Cl)CC1)c1ccc(Cl)cc1. The summed E-state index contributed by atoms with van der Waals surface area (Å²) in [6.45, 7) is 2.43. The average Bonchev–Trinajstić information content (AvgIpc) is 2.66. The van der Waals surface area contributed by atoms with Crippen LogP contribution >= 0.6 is 23.2 Å². The number of benzene rings is 1. The molecule has 0 radical (unpaired) electrons. The summed E-state index contributed by atoms with van der Waals surface area (Å²) >= 11 is 11.8. The highest BCUT2D eigenvalue weighted by atomic mass is 35.5. The van der Waals surface area contributed by atoms with Crippen molar-refractivity contribution in [2.24, 2.45) is 0 Å². The molecule has 2 heterocycles. The van der Waals surface area contributed by atoms with Gasteiger partial charge in [-0.05, 0) is 30.3 Å². The second kappa shape index (κ2) is 8.67. The Morgan fingerprint density at radius 1 is 1.03 bits per heavy atom. The van der Waals surface area contributed by atoms with Gasteiger partial charge in [0.05, 0.1) is 21.2 Å². The highest BCUT2D eigenvalue weighted by Crippen LogP contribution is 2.33. The van der Waals surface area contributed by atoms with Crippen molar-refractivity contribution in [1.29, 1.82) is 0 Å². The van der Waals surface area contributed by atoms with Crippen LogP contribution in [0.15, 0.2) is 41.4 Å². The number of piperazine rings is 1. The Bertz CT molecular complexity index is 961. The van der Waals surface area contributed by atoms with E-state index in [0.29, 0.717) is 43.6 Å². The van der Waals surface area contributed by atoms with Crippen molar-refractivity contribution >= 4 is 38.9 Å². The molecule has 29 heavy (non-hydrogen) atoms. The smallest absolute Gasteiger partial charge is 0.353 e. The van der Waals surface area contributed by atoms with Crippen LogP contribution in [0.2, 0.25) is 10.0 Å². The summed E-state index contributed by atoms with van der Waals surface area (Å²) in [4.78, 5) is 7.88. The van der Waals surface area contributed by atoms with Gasteiger partial charge in [-0.1, -0.05) is 23.2 Å². The van der Waals surface area contributed by atoms with Gasteiger partial charge < -0.3 is 4.90 Å². The number of pyridine rings is 1. The van der Waals surface area contributed by atoms with Crippen molar-refractivity contribution in [3.63, 3.8) is 0 Å². The lowest BCUT2D eigenvalue weighted by Crippen LogP contribution is -2.48. The monoisotopic (exact) mass is 467 g/mol. The summed E-state index contributed by atoms with van der Waals surface area (Å²) in [7, 11) is -3.42. The fourth-order valence-corrected chi connectivity index (χ4v) is 4.71. The molecule has 0 N–H and O–H groups in total. The summed E-state index contributed by atoms with van der Waals surface area (Å²) in [5, 5.41) is 0.411. The van der Waals surface area contributed by atoms with Crippen LogP contribution in [-0.4, -0.2) is 56.8 Å². The standard InChI is InChI=1S/C18H18Cl2F3N3O2S/c19-14-1-3-15(4-2-14)29(27,28)10-9-25-5-7-26(8-6-25)17-16(20)11-13(12-24-17)18(21,22)23/h1-4,11-12H,5-10H2. The summed E-state index contributed by atoms with van der Waals surface area (Å²) < 4.78 is 63.1. The van der Waals surface area contributed by atoms with Gasteiger partial charge in [0.2, 0.25) is 0 Å². The first-order valence-electron chi connectivity index (χ1n) is 8.74. The average molecular weight is 468 g/mol. The number of nitrogens with zero attached hydrogens (tertiary/aromatic N) is 3. The van der Waals surface area contributed by atoms with Crippen molar-refractivity contribution in [3.05, 3.63) is 52.1 Å². The maximum atomic E-state index is 12.7. The minimum absolute atomic E-state index is 0.0338. The van der Waals surface area contributed by atoms with Gasteiger partial charge >= 0.3 is 6.18 Å². The summed E-state index contributed by atoms with van der Waals surface area (Å²) in [6, 6.07) is 6.90. The second-order valence-corrected chi connectivity index (χ2v) is 9.58. The molecule has 0 unspecified atom stereocenters. The van der Waals surface area contributed by atoms with E-state index in [1.165, 1.54) is 24.3 Å². The lowest BCUT2D eigenvalue weighted by molar-refractivity contribution is -0.137. The number of halogens is 5. The molecule has 0 atom stereocenters. The zero-order valence-electron chi connectivity index (χ0n) is 15.2. The Balaban J connectivity index is 1.56. The van der Waals surface area contributed by atoms with Gasteiger partial charge in [0.15, 0.2) is 9.84 Å². The van der Waals surface area contributed by atoms with Gasteiger partial charge in [0.1, 0.15) is 5.82 Å². The van der Waals surface area contributed by atoms with E-state index in [-0.39, 0.29) is 15.7 Å². The van der Waals surface area contributed by atoms with Crippen LogP contribution < -0.4 is 4.90 Å². The lowest BCUT2D eigenvalue weighted by Gasteiger charge is -2.35. The number of alkyl halides is 3. The molecule has 5 nitrogen and oxygen atoms in total. The molecule has 1 saturated heterocycles. The fraction of sp³-hybridized carbons (Fsp3) is 0.389. The topological polar surface area (TPSA) is 53.5 Å². The van der Waals surface area contributed by atoms with E-state index in [2.05, 4.69) is 4.98 Å². The number of rotatable bonds is 5. The predicted molar refractivity (Wildman–Crippen MR) is 106 cm³/mol. The molecule has 0 spiro atoms. The Morgan fingerprint density at radius 3 is 2.21 bits per heavy atom. The Labute approximate surface area is 177 Å². The van der Waals surface area contributed by atoms with Crippen LogP contribution in [0, 0.1) is 0 Å². The van der Waals surface area contributed by atoms with Crippen molar-refractivity contribution in [2.45, 2.75) is 11.1 Å². The van der Waals surface area contributed by atoms with E-state index < -0.39 is 21.6 Å². The van der Waals surface area contributed by atoms with Crippen molar-refractivity contribution < 1.29 is 21.6 Å². The molecular formula is C18H18Cl2F3N3O2S. The number of anilines is 1. The minimum atomic E-state index is -4.50. The summed E-state index contributed by atoms with van der Waals surface area (Å²) in [6.07, 6.45) is -3.73. The van der Waals surface area contributed by atoms with Gasteiger partial charge in [0, 0.05) is 43.9 Å². The summed E-state index contributed by atoms with van der Waals surface area (Å²) in [5.74, 6) is 0.265. The molecule has 0 aliphatic carbocycles. The first-order chi connectivity index (χ1) is 13.6. The first-order valence-corrected chi connectivity index (χ1v) is 11.2. The number of sulfone groups is 1. The molecule has 0 saturated carbocycles. The van der Waals surface area contributed by atoms with Crippen molar-refractivity contribution in [2.75, 3.05) is 43.4 Å². The van der Waals surface area contributed by atoms with E-state index in [9.17, 15) is 21.6 Å². The minimum Gasteiger partial charge on any atom is -0.353 e. The van der Waals surface area contributed by atoms with Gasteiger partial charge in [-0.25, -0.2) is 13.4 Å². The van der Waals surface area contributed by atoms with Gasteiger partial charge in [-0.15, -0.1) is 0 Å². The van der Waals surface area contributed by atoms with Crippen LogP contribution in [0.3, 0.4) is 0 Å². The molecule has 11 heteroatoms. The van der Waals surface area contributed by atoms with Crippen LogP contribution in [0.4, 0.5) is 19.0 Å². The second-order valence-electron chi connectivity index (χ2n) is 6.63. The molecule has 1 fully saturated rings. The third-order valence-corrected chi connectivity index (χ3v) is 6.91. The number of aromatic nitrogens is 1. The van der Waals surface area contributed by atoms with E-state index in [0.717, 1.165) is 12.3 Å². The fourth-order valence-electron chi connectivity index (χ4n) is 3.01. The predicted octanol–water partition coefficient (Wildman–Crippen LogP) is 4.00. The molecular weight excluding hydrogens is 450 g/mol. The van der Waals surface area contributed by atoms with Crippen LogP contribution in [0.25, 0.3) is 0 Å². The highest BCUT2D eigenvalue weighted by Gasteiger charge is 2.32. The van der Waals surface area contributed by atoms with Crippen LogP contribution in [0.5, 0.6) is 0 Å². The van der Waals surface area contributed by atoms with Gasteiger partial charge in [-0.2, -0.15) is 13.2 Å². The first kappa shape index (κ1) is 22.1. The van der Waals surface area contributed by atoms with E-state index in [1.807, 2.05) is 4.90 Å². The Morgan fingerprint density at radius 2 is 1.66 bits per heavy atom. The number of hydrogen-bond acceptors (Lipinski definition) is 5. The normalized spacial score (nSPS) is 16.2. The molecule has 3 rings (SSSR count). The molecule has 0 amide bonds. The maximum Gasteiger partial charge on any atom is 0.417 e. The maximum absolute atomic E-state index is 12.7. The van der Waals surface area contributed by atoms with Crippen LogP contribution in [0.1, 0.15) is 5.56 Å². The van der Waals surface area contributed by atoms with Crippen LogP contribution in [-0.2, 0) is 16.0 Å². The molecule has 158 valence electrons. The highest BCUT2D eigenvalue weighted by molar-refractivity contribution is 7.91. The largest absolute Gasteiger partial charge is 0.417 e. The zero-order valence-corrected chi connectivity index (χ0v) is 17.5. The van der Waals surface area contributed by atoms with Crippen molar-refractivity contribution in [3.8, 4) is 0 Å². The van der Waals surface area contributed by atoms with Crippen molar-refractivity contribution in [1.82, 2.24) is 9.88 Å². The third-order valence-electron chi connectivity index (χ3n) is 4.67. The molecule has 1 aliphatic rings. The van der Waals surface area contributed by atoms with E-state index in [4.69, 9.17) is 23.2 Å². The lowest BCUT2D eigenvalue weighted by atomic mass is 10.2. The molecule has 1 aromatic carbocycles. The van der Waals surface area contributed by atoms with Gasteiger partial charge in [0.25, 0.3) is 0 Å². The molecule has 1 aromatic heterocycles. The van der Waals surface area contributed by atoms with E-state index in [1.54, 1.807) is 4.90 Å². The zero-order chi connectivity index (χ0) is 21.2. The summed E-state index contributed by atoms with van der Waals surface area (Å²) in [5.41, 5.74) is -0.891. The third kappa shape index (κ3) is 5.53. The quantitative estimate of drug-likeness (QED) is 0.664. The van der Waals surface area contributed by atoms with Gasteiger partial charge in [-0.3, -0.25) is 4.90 Å². The number of hydrogen-bond donors (Lipinski definition) is 0. The Hall–Kier alpha value is -1.55. The molecule has 1 aliphatic heterocycles. The van der Waals surface area contributed by atoms with E-state index >= 15 is 0 Å². The Kier molecular flexibility index (Phi) is 6.62.